The second-order valence-corrected chi connectivity index (χ2v) is 9.34. The number of halogens is 1. The molecule has 3 heterocycles. The van der Waals surface area contributed by atoms with E-state index in [1.165, 1.54) is 0 Å². The number of amides is 2. The molecule has 0 spiro atoms. The molecule has 2 aliphatic rings. The summed E-state index contributed by atoms with van der Waals surface area (Å²) >= 11 is 7.76. The van der Waals surface area contributed by atoms with Crippen LogP contribution in [-0.2, 0) is 9.59 Å². The number of aryl methyl sites for hydroxylation is 1. The topological polar surface area (TPSA) is 71.5 Å². The third-order valence-corrected chi connectivity index (χ3v) is 6.80. The second-order valence-electron chi connectivity index (χ2n) is 7.67. The lowest BCUT2D eigenvalue weighted by atomic mass is 9.99. The molecule has 0 aliphatic carbocycles. The maximum atomic E-state index is 13.0. The number of nitrogens with one attached hydrogen (secondary N) is 1. The number of ether oxygens (including phenoxy) is 1. The summed E-state index contributed by atoms with van der Waals surface area (Å²) in [4.78, 5) is 31.8. The SMILES string of the molecule is Cc1nc2cc(N3CC(C(=O)NC4CCOc5ccc(Cl)cc54)CC3=O)ccc2s1. The molecule has 1 aromatic heterocycles. The minimum Gasteiger partial charge on any atom is -0.493 e. The van der Waals surface area contributed by atoms with Crippen LogP contribution in [0.5, 0.6) is 5.75 Å². The Labute approximate surface area is 182 Å². The number of benzene rings is 2. The molecule has 30 heavy (non-hydrogen) atoms. The fourth-order valence-electron chi connectivity index (χ4n) is 4.14. The minimum atomic E-state index is -0.393. The summed E-state index contributed by atoms with van der Waals surface area (Å²) in [5.74, 6) is 0.189. The number of thiazole rings is 1. The number of fused-ring (bicyclic) bond motifs is 2. The Morgan fingerprint density at radius 3 is 3.03 bits per heavy atom. The van der Waals surface area contributed by atoms with Gasteiger partial charge in [-0.3, -0.25) is 9.59 Å². The van der Waals surface area contributed by atoms with Crippen LogP contribution in [-0.4, -0.2) is 29.9 Å². The average Bonchev–Trinajstić information content (AvgIpc) is 3.29. The van der Waals surface area contributed by atoms with Crippen LogP contribution in [0.25, 0.3) is 10.2 Å². The third-order valence-electron chi connectivity index (χ3n) is 5.61. The number of hydrogen-bond donors (Lipinski definition) is 1. The number of carbonyl (C=O) groups excluding carboxylic acids is 2. The van der Waals surface area contributed by atoms with Crippen LogP contribution in [0.3, 0.4) is 0 Å². The minimum absolute atomic E-state index is 0.0446. The van der Waals surface area contributed by atoms with Gasteiger partial charge in [0.1, 0.15) is 5.75 Å². The lowest BCUT2D eigenvalue weighted by molar-refractivity contribution is -0.127. The van der Waals surface area contributed by atoms with Crippen molar-refractivity contribution in [2.45, 2.75) is 25.8 Å². The number of anilines is 1. The Kier molecular flexibility index (Phi) is 4.87. The van der Waals surface area contributed by atoms with Crippen molar-refractivity contribution < 1.29 is 14.3 Å². The normalized spacial score (nSPS) is 20.9. The Bertz CT molecular complexity index is 1160. The van der Waals surface area contributed by atoms with Crippen molar-refractivity contribution in [3.8, 4) is 5.75 Å². The van der Waals surface area contributed by atoms with E-state index in [1.54, 1.807) is 22.3 Å². The van der Waals surface area contributed by atoms with Crippen molar-refractivity contribution in [1.29, 1.82) is 0 Å². The first kappa shape index (κ1) is 19.3. The smallest absolute Gasteiger partial charge is 0.227 e. The van der Waals surface area contributed by atoms with Gasteiger partial charge in [-0.1, -0.05) is 11.6 Å². The fraction of sp³-hybridized carbons (Fsp3) is 0.318. The van der Waals surface area contributed by atoms with E-state index in [9.17, 15) is 9.59 Å². The predicted molar refractivity (Wildman–Crippen MR) is 117 cm³/mol. The van der Waals surface area contributed by atoms with Gasteiger partial charge in [-0.25, -0.2) is 4.98 Å². The molecule has 2 atom stereocenters. The average molecular weight is 442 g/mol. The van der Waals surface area contributed by atoms with Gasteiger partial charge in [0, 0.05) is 35.7 Å². The lowest BCUT2D eigenvalue weighted by Crippen LogP contribution is -2.37. The number of aromatic nitrogens is 1. The third kappa shape index (κ3) is 3.52. The Hall–Kier alpha value is -2.64. The summed E-state index contributed by atoms with van der Waals surface area (Å²) in [6.45, 7) is 2.86. The monoisotopic (exact) mass is 441 g/mol. The molecule has 8 heteroatoms. The largest absolute Gasteiger partial charge is 0.493 e. The molecule has 0 radical (unpaired) electrons. The van der Waals surface area contributed by atoms with Crippen molar-refractivity contribution >= 4 is 50.7 Å². The highest BCUT2D eigenvalue weighted by atomic mass is 35.5. The molecule has 2 unspecified atom stereocenters. The van der Waals surface area contributed by atoms with E-state index in [0.29, 0.717) is 24.6 Å². The zero-order valence-corrected chi connectivity index (χ0v) is 17.9. The number of nitrogens with zero attached hydrogens (tertiary/aromatic N) is 2. The highest BCUT2D eigenvalue weighted by Crippen LogP contribution is 2.35. The standard InChI is InChI=1S/C22H20ClN3O3S/c1-12-24-18-10-15(3-5-20(18)30-12)26-11-13(8-21(26)27)22(28)25-17-6-7-29-19-4-2-14(23)9-16(17)19/h2-5,9-10,13,17H,6-8,11H2,1H3,(H,25,28). The first-order valence-electron chi connectivity index (χ1n) is 9.88. The molecule has 3 aromatic rings. The van der Waals surface area contributed by atoms with E-state index in [-0.39, 0.29) is 24.3 Å². The summed E-state index contributed by atoms with van der Waals surface area (Å²) < 4.78 is 6.76. The zero-order chi connectivity index (χ0) is 20.8. The van der Waals surface area contributed by atoms with Crippen LogP contribution in [0.2, 0.25) is 5.02 Å². The molecule has 2 aromatic carbocycles. The first-order valence-corrected chi connectivity index (χ1v) is 11.1. The molecule has 1 saturated heterocycles. The molecule has 0 saturated carbocycles. The van der Waals surface area contributed by atoms with Crippen molar-refractivity contribution in [2.75, 3.05) is 18.1 Å². The first-order chi connectivity index (χ1) is 14.5. The summed E-state index contributed by atoms with van der Waals surface area (Å²) in [5.41, 5.74) is 2.55. The highest BCUT2D eigenvalue weighted by molar-refractivity contribution is 7.18. The van der Waals surface area contributed by atoms with Gasteiger partial charge in [-0.15, -0.1) is 11.3 Å². The van der Waals surface area contributed by atoms with Gasteiger partial charge in [0.05, 0.1) is 33.8 Å². The molecular weight excluding hydrogens is 422 g/mol. The zero-order valence-electron chi connectivity index (χ0n) is 16.4. The van der Waals surface area contributed by atoms with Gasteiger partial charge >= 0.3 is 0 Å². The van der Waals surface area contributed by atoms with E-state index in [1.807, 2.05) is 37.3 Å². The Morgan fingerprint density at radius 2 is 2.17 bits per heavy atom. The van der Waals surface area contributed by atoms with E-state index < -0.39 is 5.92 Å². The van der Waals surface area contributed by atoms with E-state index in [4.69, 9.17) is 16.3 Å². The van der Waals surface area contributed by atoms with Gasteiger partial charge < -0.3 is 15.0 Å². The van der Waals surface area contributed by atoms with E-state index in [0.717, 1.165) is 32.2 Å². The summed E-state index contributed by atoms with van der Waals surface area (Å²) in [5, 5.41) is 4.70. The molecule has 6 nitrogen and oxygen atoms in total. The van der Waals surface area contributed by atoms with Crippen LogP contribution in [0.1, 0.15) is 29.5 Å². The quantitative estimate of drug-likeness (QED) is 0.659. The molecule has 5 rings (SSSR count). The molecule has 2 aliphatic heterocycles. The van der Waals surface area contributed by atoms with Crippen LogP contribution < -0.4 is 15.0 Å². The number of hydrogen-bond acceptors (Lipinski definition) is 5. The molecule has 1 N–H and O–H groups in total. The Morgan fingerprint density at radius 1 is 1.30 bits per heavy atom. The predicted octanol–water partition coefficient (Wildman–Crippen LogP) is 4.25. The molecule has 0 bridgehead atoms. The van der Waals surface area contributed by atoms with Gasteiger partial charge in [0.2, 0.25) is 11.8 Å². The van der Waals surface area contributed by atoms with Gasteiger partial charge in [0.25, 0.3) is 0 Å². The fourth-order valence-corrected chi connectivity index (χ4v) is 5.12. The molecular formula is C22H20ClN3O3S. The second kappa shape index (κ2) is 7.56. The van der Waals surface area contributed by atoms with Crippen LogP contribution >= 0.6 is 22.9 Å². The van der Waals surface area contributed by atoms with Crippen LogP contribution in [0.15, 0.2) is 36.4 Å². The van der Waals surface area contributed by atoms with Crippen molar-refractivity contribution in [3.63, 3.8) is 0 Å². The summed E-state index contributed by atoms with van der Waals surface area (Å²) in [7, 11) is 0. The van der Waals surface area contributed by atoms with Crippen LogP contribution in [0, 0.1) is 12.8 Å². The maximum absolute atomic E-state index is 13.0. The maximum Gasteiger partial charge on any atom is 0.227 e. The van der Waals surface area contributed by atoms with Crippen molar-refractivity contribution in [2.24, 2.45) is 5.92 Å². The number of carbonyl (C=O) groups is 2. The molecule has 1 fully saturated rings. The lowest BCUT2D eigenvalue weighted by Gasteiger charge is -2.27. The van der Waals surface area contributed by atoms with Gasteiger partial charge in [-0.05, 0) is 43.3 Å². The van der Waals surface area contributed by atoms with E-state index >= 15 is 0 Å². The summed E-state index contributed by atoms with van der Waals surface area (Å²) in [6.07, 6.45) is 0.870. The van der Waals surface area contributed by atoms with Gasteiger partial charge in [-0.2, -0.15) is 0 Å². The van der Waals surface area contributed by atoms with Gasteiger partial charge in [0.15, 0.2) is 0 Å². The summed E-state index contributed by atoms with van der Waals surface area (Å²) in [6, 6.07) is 11.1. The highest BCUT2D eigenvalue weighted by Gasteiger charge is 2.36. The Balaban J connectivity index is 1.32. The molecule has 2 amide bonds. The van der Waals surface area contributed by atoms with Crippen LogP contribution in [0.4, 0.5) is 5.69 Å². The van der Waals surface area contributed by atoms with E-state index in [2.05, 4.69) is 10.3 Å². The van der Waals surface area contributed by atoms with Crippen molar-refractivity contribution in [3.05, 3.63) is 52.0 Å². The number of rotatable bonds is 3. The van der Waals surface area contributed by atoms with Crippen molar-refractivity contribution in [1.82, 2.24) is 10.3 Å². The molecule has 154 valence electrons.